The van der Waals surface area contributed by atoms with Crippen LogP contribution < -0.4 is 9.47 Å². The van der Waals surface area contributed by atoms with E-state index in [2.05, 4.69) is 41.9 Å². The van der Waals surface area contributed by atoms with Crippen molar-refractivity contribution >= 4 is 33.2 Å². The maximum Gasteiger partial charge on any atom is 0.164 e. The van der Waals surface area contributed by atoms with Crippen LogP contribution in [0.25, 0.3) is 0 Å². The fourth-order valence-electron chi connectivity index (χ4n) is 2.17. The molecule has 0 amide bonds. The molecule has 22 heavy (non-hydrogen) atoms. The van der Waals surface area contributed by atoms with Gasteiger partial charge in [0.2, 0.25) is 0 Å². The summed E-state index contributed by atoms with van der Waals surface area (Å²) in [4.78, 5) is 0. The summed E-state index contributed by atoms with van der Waals surface area (Å²) in [6, 6.07) is 12.1. The zero-order chi connectivity index (χ0) is 16.1. The molecule has 0 heterocycles. The lowest BCUT2D eigenvalue weighted by Crippen LogP contribution is -2.05. The first-order valence-corrected chi connectivity index (χ1v) is 8.39. The molecule has 2 aromatic rings. The van der Waals surface area contributed by atoms with Gasteiger partial charge in [0.15, 0.2) is 5.05 Å². The van der Waals surface area contributed by atoms with Crippen LogP contribution in [0.4, 0.5) is 0 Å². The third kappa shape index (κ3) is 4.31. The predicted octanol–water partition coefficient (Wildman–Crippen LogP) is 5.63. The zero-order valence-electron chi connectivity index (χ0n) is 13.0. The Kier molecular flexibility index (Phi) is 5.98. The van der Waals surface area contributed by atoms with Crippen molar-refractivity contribution in [1.29, 1.82) is 0 Å². The number of ether oxygens (including phenoxy) is 2. The van der Waals surface area contributed by atoms with E-state index in [-0.39, 0.29) is 0 Å². The molecule has 0 aliphatic carbocycles. The quantitative estimate of drug-likeness (QED) is 0.628. The summed E-state index contributed by atoms with van der Waals surface area (Å²) in [5.41, 5.74) is 3.40. The molecule has 4 heteroatoms. The monoisotopic (exact) mass is 378 g/mol. The maximum absolute atomic E-state index is 5.97. The standard InChI is InChI=1S/C18H19BrO2S/c1-4-14-8-9-17(12(2)10-14)20-11-15-16(19)6-5-7-18(15)21-13(3)22/h5-10H,4,11H2,1-3H3. The molecule has 2 rings (SSSR count). The van der Waals surface area contributed by atoms with Crippen LogP contribution in [0.15, 0.2) is 40.9 Å². The summed E-state index contributed by atoms with van der Waals surface area (Å²) in [6.45, 7) is 6.39. The van der Waals surface area contributed by atoms with Crippen LogP contribution in [0.5, 0.6) is 11.5 Å². The lowest BCUT2D eigenvalue weighted by molar-refractivity contribution is 0.299. The van der Waals surface area contributed by atoms with E-state index in [0.717, 1.165) is 33.5 Å². The molecule has 0 aliphatic heterocycles. The zero-order valence-corrected chi connectivity index (χ0v) is 15.4. The molecular formula is C18H19BrO2S. The average molecular weight is 379 g/mol. The average Bonchev–Trinajstić information content (AvgIpc) is 2.47. The second-order valence-electron chi connectivity index (χ2n) is 5.05. The molecule has 0 atom stereocenters. The van der Waals surface area contributed by atoms with Crippen molar-refractivity contribution in [1.82, 2.24) is 0 Å². The Morgan fingerprint density at radius 3 is 2.59 bits per heavy atom. The fourth-order valence-corrected chi connectivity index (χ4v) is 2.72. The molecule has 0 saturated carbocycles. The smallest absolute Gasteiger partial charge is 0.164 e. The highest BCUT2D eigenvalue weighted by molar-refractivity contribution is 9.10. The van der Waals surface area contributed by atoms with E-state index in [9.17, 15) is 0 Å². The largest absolute Gasteiger partial charge is 0.488 e. The van der Waals surface area contributed by atoms with Crippen molar-refractivity contribution in [3.05, 3.63) is 57.6 Å². The van der Waals surface area contributed by atoms with Crippen molar-refractivity contribution in [3.8, 4) is 11.5 Å². The minimum atomic E-state index is 0.422. The molecule has 2 aromatic carbocycles. The molecule has 0 saturated heterocycles. The first-order chi connectivity index (χ1) is 10.5. The molecule has 0 unspecified atom stereocenters. The van der Waals surface area contributed by atoms with Gasteiger partial charge in [-0.15, -0.1) is 0 Å². The van der Waals surface area contributed by atoms with Gasteiger partial charge in [-0.2, -0.15) is 0 Å². The van der Waals surface area contributed by atoms with Crippen molar-refractivity contribution < 1.29 is 9.47 Å². The van der Waals surface area contributed by atoms with E-state index in [4.69, 9.17) is 21.7 Å². The fraction of sp³-hybridized carbons (Fsp3) is 0.278. The molecular weight excluding hydrogens is 360 g/mol. The molecule has 0 spiro atoms. The Bertz CT molecular complexity index is 683. The number of halogens is 1. The van der Waals surface area contributed by atoms with Crippen molar-refractivity contribution in [2.24, 2.45) is 0 Å². The topological polar surface area (TPSA) is 18.5 Å². The minimum absolute atomic E-state index is 0.422. The van der Waals surface area contributed by atoms with Crippen LogP contribution in [-0.4, -0.2) is 5.05 Å². The molecule has 0 fully saturated rings. The van der Waals surface area contributed by atoms with E-state index >= 15 is 0 Å². The van der Waals surface area contributed by atoms with Crippen LogP contribution in [0, 0.1) is 6.92 Å². The van der Waals surface area contributed by atoms with Crippen molar-refractivity contribution in [2.75, 3.05) is 0 Å². The van der Waals surface area contributed by atoms with Gasteiger partial charge in [0.25, 0.3) is 0 Å². The Labute approximate surface area is 145 Å². The Hall–Kier alpha value is -1.39. The van der Waals surface area contributed by atoms with Crippen LogP contribution in [0.1, 0.15) is 30.5 Å². The predicted molar refractivity (Wildman–Crippen MR) is 97.9 cm³/mol. The normalized spacial score (nSPS) is 10.4. The van der Waals surface area contributed by atoms with Crippen LogP contribution in [0.2, 0.25) is 0 Å². The van der Waals surface area contributed by atoms with Gasteiger partial charge in [0.05, 0.1) is 0 Å². The first-order valence-electron chi connectivity index (χ1n) is 7.19. The van der Waals surface area contributed by atoms with Gasteiger partial charge >= 0.3 is 0 Å². The van der Waals surface area contributed by atoms with Crippen LogP contribution >= 0.6 is 28.1 Å². The third-order valence-electron chi connectivity index (χ3n) is 3.35. The number of hydrogen-bond donors (Lipinski definition) is 0. The van der Waals surface area contributed by atoms with Gasteiger partial charge in [0.1, 0.15) is 18.1 Å². The highest BCUT2D eigenvalue weighted by Gasteiger charge is 2.11. The molecule has 116 valence electrons. The van der Waals surface area contributed by atoms with E-state index in [1.807, 2.05) is 24.3 Å². The highest BCUT2D eigenvalue weighted by atomic mass is 79.9. The second-order valence-corrected chi connectivity index (χ2v) is 6.48. The van der Waals surface area contributed by atoms with Gasteiger partial charge in [-0.25, -0.2) is 0 Å². The van der Waals surface area contributed by atoms with Gasteiger partial charge in [0, 0.05) is 17.0 Å². The summed E-state index contributed by atoms with van der Waals surface area (Å²) in [5.74, 6) is 1.61. The van der Waals surface area contributed by atoms with Crippen LogP contribution in [0.3, 0.4) is 0 Å². The lowest BCUT2D eigenvalue weighted by Gasteiger charge is -2.14. The summed E-state index contributed by atoms with van der Waals surface area (Å²) < 4.78 is 12.5. The highest BCUT2D eigenvalue weighted by Crippen LogP contribution is 2.29. The Morgan fingerprint density at radius 2 is 1.95 bits per heavy atom. The Balaban J connectivity index is 2.19. The number of thiocarbonyl (C=S) groups is 1. The minimum Gasteiger partial charge on any atom is -0.488 e. The van der Waals surface area contributed by atoms with E-state index in [1.54, 1.807) is 6.92 Å². The second kappa shape index (κ2) is 7.75. The third-order valence-corrected chi connectivity index (χ3v) is 4.18. The van der Waals surface area contributed by atoms with Gasteiger partial charge < -0.3 is 9.47 Å². The molecule has 0 N–H and O–H groups in total. The molecule has 2 nitrogen and oxygen atoms in total. The lowest BCUT2D eigenvalue weighted by atomic mass is 10.1. The van der Waals surface area contributed by atoms with Crippen molar-refractivity contribution in [2.45, 2.75) is 33.8 Å². The molecule has 0 bridgehead atoms. The number of rotatable bonds is 5. The maximum atomic E-state index is 5.97. The van der Waals surface area contributed by atoms with E-state index < -0.39 is 0 Å². The van der Waals surface area contributed by atoms with E-state index in [0.29, 0.717) is 11.7 Å². The van der Waals surface area contributed by atoms with Gasteiger partial charge in [-0.3, -0.25) is 0 Å². The van der Waals surface area contributed by atoms with Crippen molar-refractivity contribution in [3.63, 3.8) is 0 Å². The summed E-state index contributed by atoms with van der Waals surface area (Å²) in [5, 5.41) is 0.489. The SMILES string of the molecule is CCc1ccc(OCc2c(Br)cccc2OC(C)=S)c(C)c1. The van der Waals surface area contributed by atoms with E-state index in [1.165, 1.54) is 5.56 Å². The summed E-state index contributed by atoms with van der Waals surface area (Å²) in [6.07, 6.45) is 1.03. The molecule has 0 aliphatic rings. The number of benzene rings is 2. The number of aryl methyl sites for hydroxylation is 2. The molecule has 0 aromatic heterocycles. The van der Waals surface area contributed by atoms with Gasteiger partial charge in [-0.1, -0.05) is 41.1 Å². The first kappa shape index (κ1) is 17.0. The Morgan fingerprint density at radius 1 is 1.18 bits per heavy atom. The molecule has 0 radical (unpaired) electrons. The summed E-state index contributed by atoms with van der Waals surface area (Å²) in [7, 11) is 0. The van der Waals surface area contributed by atoms with Gasteiger partial charge in [-0.05, 0) is 54.9 Å². The number of hydrogen-bond acceptors (Lipinski definition) is 3. The summed E-state index contributed by atoms with van der Waals surface area (Å²) >= 11 is 8.58. The van der Waals surface area contributed by atoms with Crippen LogP contribution in [-0.2, 0) is 13.0 Å².